The highest BCUT2D eigenvalue weighted by atomic mass is 16.5. The fourth-order valence-electron chi connectivity index (χ4n) is 3.86. The Balaban J connectivity index is 1.66. The summed E-state index contributed by atoms with van der Waals surface area (Å²) in [5.41, 5.74) is 3.02. The third-order valence-electron chi connectivity index (χ3n) is 4.94. The van der Waals surface area contributed by atoms with E-state index < -0.39 is 0 Å². The lowest BCUT2D eigenvalue weighted by atomic mass is 9.85. The normalized spacial score (nSPS) is 26.8. The van der Waals surface area contributed by atoms with Gasteiger partial charge in [0.25, 0.3) is 0 Å². The Kier molecular flexibility index (Phi) is 3.55. The molecule has 2 saturated heterocycles. The molecule has 22 heavy (non-hydrogen) atoms. The van der Waals surface area contributed by atoms with E-state index in [1.807, 2.05) is 36.4 Å². The van der Waals surface area contributed by atoms with Gasteiger partial charge in [-0.1, -0.05) is 54.6 Å². The van der Waals surface area contributed by atoms with E-state index in [2.05, 4.69) is 18.2 Å². The van der Waals surface area contributed by atoms with E-state index in [1.54, 1.807) is 0 Å². The topological polar surface area (TPSA) is 26.3 Å². The molecule has 2 aromatic carbocycles. The zero-order valence-electron chi connectivity index (χ0n) is 12.6. The van der Waals surface area contributed by atoms with Crippen LogP contribution in [0.4, 0.5) is 0 Å². The fraction of sp³-hybridized carbons (Fsp3) is 0.350. The second-order valence-electron chi connectivity index (χ2n) is 6.40. The van der Waals surface area contributed by atoms with Crippen LogP contribution in [-0.2, 0) is 4.74 Å². The molecule has 2 aromatic rings. The first kappa shape index (κ1) is 13.7. The van der Waals surface area contributed by atoms with Gasteiger partial charge >= 0.3 is 0 Å². The summed E-state index contributed by atoms with van der Waals surface area (Å²) in [6.45, 7) is 0. The summed E-state index contributed by atoms with van der Waals surface area (Å²) in [5.74, 6) is 0.413. The Bertz CT molecular complexity index is 665. The summed E-state index contributed by atoms with van der Waals surface area (Å²) >= 11 is 0. The Morgan fingerprint density at radius 1 is 0.864 bits per heavy atom. The van der Waals surface area contributed by atoms with Gasteiger partial charge < -0.3 is 4.74 Å². The Morgan fingerprint density at radius 2 is 1.50 bits per heavy atom. The number of hydrogen-bond donors (Lipinski definition) is 0. The quantitative estimate of drug-likeness (QED) is 0.779. The first-order valence-corrected chi connectivity index (χ1v) is 8.15. The van der Waals surface area contributed by atoms with Gasteiger partial charge in [-0.25, -0.2) is 0 Å². The lowest BCUT2D eigenvalue weighted by Gasteiger charge is -2.27. The summed E-state index contributed by atoms with van der Waals surface area (Å²) in [5, 5.41) is 0. The maximum absolute atomic E-state index is 13.1. The third kappa shape index (κ3) is 2.48. The number of carbonyl (C=O) groups is 1. The Hall–Kier alpha value is -1.93. The van der Waals surface area contributed by atoms with Crippen molar-refractivity contribution in [3.63, 3.8) is 0 Å². The highest BCUT2D eigenvalue weighted by Gasteiger charge is 2.38. The van der Waals surface area contributed by atoms with Crippen molar-refractivity contribution in [2.45, 2.75) is 37.9 Å². The lowest BCUT2D eigenvalue weighted by molar-refractivity contribution is -0.0148. The molecule has 2 nitrogen and oxygen atoms in total. The van der Waals surface area contributed by atoms with Gasteiger partial charge in [-0.2, -0.15) is 0 Å². The van der Waals surface area contributed by atoms with E-state index in [9.17, 15) is 4.79 Å². The van der Waals surface area contributed by atoms with Crippen molar-refractivity contribution < 1.29 is 9.53 Å². The zero-order chi connectivity index (χ0) is 14.9. The van der Waals surface area contributed by atoms with Crippen LogP contribution in [0.15, 0.2) is 54.6 Å². The van der Waals surface area contributed by atoms with Crippen LogP contribution in [0.1, 0.15) is 36.0 Å². The minimum absolute atomic E-state index is 0.121. The van der Waals surface area contributed by atoms with Gasteiger partial charge in [0.1, 0.15) is 0 Å². The van der Waals surface area contributed by atoms with E-state index in [0.717, 1.165) is 42.4 Å². The van der Waals surface area contributed by atoms with E-state index in [0.29, 0.717) is 18.0 Å². The maximum atomic E-state index is 13.1. The average molecular weight is 292 g/mol. The van der Waals surface area contributed by atoms with Crippen LogP contribution in [0, 0.1) is 5.92 Å². The first-order valence-electron chi connectivity index (χ1n) is 8.15. The zero-order valence-corrected chi connectivity index (χ0v) is 12.6. The molecule has 2 unspecified atom stereocenters. The molecule has 2 aliphatic rings. The highest BCUT2D eigenvalue weighted by molar-refractivity contribution is 6.03. The number of hydrogen-bond acceptors (Lipinski definition) is 2. The van der Waals surface area contributed by atoms with Crippen molar-refractivity contribution in [2.24, 2.45) is 5.92 Å². The molecule has 112 valence electrons. The fourth-order valence-corrected chi connectivity index (χ4v) is 3.86. The molecule has 2 aliphatic heterocycles. The van der Waals surface area contributed by atoms with Crippen LogP contribution in [0.5, 0.6) is 0 Å². The van der Waals surface area contributed by atoms with Crippen LogP contribution in [0.3, 0.4) is 0 Å². The van der Waals surface area contributed by atoms with Gasteiger partial charge in [0.15, 0.2) is 5.78 Å². The van der Waals surface area contributed by atoms with Gasteiger partial charge in [-0.3, -0.25) is 4.79 Å². The Labute approximate surface area is 131 Å². The molecule has 0 aromatic heterocycles. The molecule has 0 radical (unpaired) electrons. The van der Waals surface area contributed by atoms with Crippen molar-refractivity contribution in [3.8, 4) is 11.1 Å². The number of rotatable bonds is 3. The largest absolute Gasteiger partial charge is 0.375 e. The molecule has 0 spiro atoms. The third-order valence-corrected chi connectivity index (χ3v) is 4.94. The first-order chi connectivity index (χ1) is 10.8. The van der Waals surface area contributed by atoms with E-state index >= 15 is 0 Å². The van der Waals surface area contributed by atoms with Crippen LogP contribution in [0.25, 0.3) is 11.1 Å². The SMILES string of the molecule is O=C(c1ccccc1-c1ccccc1)C1CC2CCC(C1)O2. The molecule has 4 rings (SSSR count). The average Bonchev–Trinajstić information content (AvgIpc) is 2.93. The number of fused-ring (bicyclic) bond motifs is 2. The van der Waals surface area contributed by atoms with E-state index in [4.69, 9.17) is 4.74 Å². The smallest absolute Gasteiger partial charge is 0.166 e. The second-order valence-corrected chi connectivity index (χ2v) is 6.40. The molecule has 0 N–H and O–H groups in total. The van der Waals surface area contributed by atoms with Gasteiger partial charge in [0, 0.05) is 11.5 Å². The molecule has 0 saturated carbocycles. The van der Waals surface area contributed by atoms with Crippen LogP contribution in [0.2, 0.25) is 0 Å². The molecule has 0 amide bonds. The van der Waals surface area contributed by atoms with Gasteiger partial charge in [-0.05, 0) is 36.8 Å². The van der Waals surface area contributed by atoms with E-state index in [-0.39, 0.29) is 5.92 Å². The standard InChI is InChI=1S/C20H20O2/c21-20(15-12-16-10-11-17(13-15)22-16)19-9-5-4-8-18(19)14-6-2-1-3-7-14/h1-9,15-17H,10-13H2. The summed E-state index contributed by atoms with van der Waals surface area (Å²) in [6.07, 6.45) is 4.62. The summed E-state index contributed by atoms with van der Waals surface area (Å²) in [4.78, 5) is 13.1. The number of ether oxygens (including phenoxy) is 1. The van der Waals surface area contributed by atoms with Crippen LogP contribution in [-0.4, -0.2) is 18.0 Å². The summed E-state index contributed by atoms with van der Waals surface area (Å²) in [6, 6.07) is 18.2. The molecular formula is C20H20O2. The van der Waals surface area contributed by atoms with Gasteiger partial charge in [0.2, 0.25) is 0 Å². The minimum atomic E-state index is 0.121. The van der Waals surface area contributed by atoms with Crippen LogP contribution >= 0.6 is 0 Å². The monoisotopic (exact) mass is 292 g/mol. The predicted octanol–water partition coefficient (Wildman–Crippen LogP) is 4.49. The van der Waals surface area contributed by atoms with Crippen molar-refractivity contribution >= 4 is 5.78 Å². The van der Waals surface area contributed by atoms with Crippen molar-refractivity contribution in [1.29, 1.82) is 0 Å². The van der Waals surface area contributed by atoms with Crippen molar-refractivity contribution in [2.75, 3.05) is 0 Å². The van der Waals surface area contributed by atoms with Crippen molar-refractivity contribution in [1.82, 2.24) is 0 Å². The molecular weight excluding hydrogens is 272 g/mol. The molecule has 2 heterocycles. The summed E-state index contributed by atoms with van der Waals surface area (Å²) < 4.78 is 5.88. The molecule has 2 heteroatoms. The van der Waals surface area contributed by atoms with Gasteiger partial charge in [0.05, 0.1) is 12.2 Å². The molecule has 2 atom stereocenters. The molecule has 2 bridgehead atoms. The molecule has 2 fully saturated rings. The van der Waals surface area contributed by atoms with Crippen LogP contribution < -0.4 is 0 Å². The van der Waals surface area contributed by atoms with E-state index in [1.165, 1.54) is 0 Å². The maximum Gasteiger partial charge on any atom is 0.166 e. The number of ketones is 1. The highest BCUT2D eigenvalue weighted by Crippen LogP contribution is 2.38. The Morgan fingerprint density at radius 3 is 2.23 bits per heavy atom. The number of Topliss-reactive ketones (excluding diaryl/α,β-unsaturated/α-hetero) is 1. The second kappa shape index (κ2) is 5.69. The number of benzene rings is 2. The van der Waals surface area contributed by atoms with Crippen molar-refractivity contribution in [3.05, 3.63) is 60.2 Å². The summed E-state index contributed by atoms with van der Waals surface area (Å²) in [7, 11) is 0. The van der Waals surface area contributed by atoms with Gasteiger partial charge in [-0.15, -0.1) is 0 Å². The number of carbonyl (C=O) groups excluding carboxylic acids is 1. The lowest BCUT2D eigenvalue weighted by Crippen LogP contribution is -2.30. The predicted molar refractivity (Wildman–Crippen MR) is 86.8 cm³/mol. The molecule has 0 aliphatic carbocycles. The minimum Gasteiger partial charge on any atom is -0.375 e.